The molecule has 1 aliphatic carbocycles. The van der Waals surface area contributed by atoms with E-state index >= 15 is 0 Å². The number of hydrogen-bond acceptors (Lipinski definition) is 4. The second-order valence-corrected chi connectivity index (χ2v) is 4.86. The zero-order valence-corrected chi connectivity index (χ0v) is 11.3. The molecule has 18 heavy (non-hydrogen) atoms. The predicted octanol–water partition coefficient (Wildman–Crippen LogP) is 2.33. The molecule has 0 aliphatic heterocycles. The fraction of sp³-hybridized carbons (Fsp3) is 0.714. The van der Waals surface area contributed by atoms with Crippen molar-refractivity contribution in [1.29, 1.82) is 0 Å². The molecule has 2 unspecified atom stereocenters. The molecule has 1 aromatic rings. The minimum atomic E-state index is 0.221. The van der Waals surface area contributed by atoms with Gasteiger partial charge < -0.3 is 10.1 Å². The largest absolute Gasteiger partial charge is 0.376 e. The monoisotopic (exact) mass is 249 g/mol. The average molecular weight is 249 g/mol. The fourth-order valence-electron chi connectivity index (χ4n) is 2.32. The van der Waals surface area contributed by atoms with Gasteiger partial charge in [-0.1, -0.05) is 6.92 Å². The molecule has 0 saturated heterocycles. The molecule has 0 spiro atoms. The first-order chi connectivity index (χ1) is 8.86. The van der Waals surface area contributed by atoms with Gasteiger partial charge in [0.2, 0.25) is 0 Å². The van der Waals surface area contributed by atoms with Gasteiger partial charge in [-0.15, -0.1) is 0 Å². The molecule has 1 N–H and O–H groups in total. The van der Waals surface area contributed by atoms with Gasteiger partial charge in [0.25, 0.3) is 0 Å². The van der Waals surface area contributed by atoms with Gasteiger partial charge in [0, 0.05) is 24.6 Å². The van der Waals surface area contributed by atoms with E-state index in [1.807, 2.05) is 12.4 Å². The Morgan fingerprint density at radius 3 is 2.61 bits per heavy atom. The van der Waals surface area contributed by atoms with E-state index in [-0.39, 0.29) is 12.1 Å². The molecule has 1 heterocycles. The lowest BCUT2D eigenvalue weighted by Gasteiger charge is -2.28. The number of ether oxygens (including phenoxy) is 1. The quantitative estimate of drug-likeness (QED) is 0.768. The van der Waals surface area contributed by atoms with Gasteiger partial charge in [0.05, 0.1) is 12.1 Å². The van der Waals surface area contributed by atoms with Gasteiger partial charge in [-0.3, -0.25) is 0 Å². The lowest BCUT2D eigenvalue weighted by molar-refractivity contribution is 0.0184. The summed E-state index contributed by atoms with van der Waals surface area (Å²) in [6, 6.07) is 0.221. The van der Waals surface area contributed by atoms with Crippen LogP contribution in [-0.2, 0) is 4.74 Å². The lowest BCUT2D eigenvalue weighted by atomic mass is 10.00. The molecule has 1 aromatic heterocycles. The van der Waals surface area contributed by atoms with E-state index in [4.69, 9.17) is 4.74 Å². The van der Waals surface area contributed by atoms with Gasteiger partial charge in [-0.2, -0.15) is 0 Å². The molecule has 4 nitrogen and oxygen atoms in total. The number of nitrogens with one attached hydrogen (secondary N) is 1. The van der Waals surface area contributed by atoms with E-state index in [1.54, 1.807) is 6.33 Å². The zero-order chi connectivity index (χ0) is 12.8. The normalized spacial score (nSPS) is 18.6. The molecule has 100 valence electrons. The molecule has 2 atom stereocenters. The molecule has 0 aromatic carbocycles. The van der Waals surface area contributed by atoms with Gasteiger partial charge in [-0.05, 0) is 38.6 Å². The van der Waals surface area contributed by atoms with Crippen molar-refractivity contribution in [3.05, 3.63) is 24.3 Å². The Bertz CT molecular complexity index is 340. The van der Waals surface area contributed by atoms with E-state index in [0.717, 1.165) is 25.1 Å². The zero-order valence-electron chi connectivity index (χ0n) is 11.3. The van der Waals surface area contributed by atoms with Crippen LogP contribution in [0.5, 0.6) is 0 Å². The van der Waals surface area contributed by atoms with Gasteiger partial charge in [-0.25, -0.2) is 9.97 Å². The van der Waals surface area contributed by atoms with Crippen molar-refractivity contribution >= 4 is 0 Å². The first-order valence-electron chi connectivity index (χ1n) is 6.96. The van der Waals surface area contributed by atoms with Gasteiger partial charge in [0.15, 0.2) is 0 Å². The number of aromatic nitrogens is 2. The standard InChI is InChI=1S/C14H23N3O/c1-3-7-17-13(12-8-15-10-16-9-12)14(18-4-2)11-5-6-11/h8-11,13-14,17H,3-7H2,1-2H3. The van der Waals surface area contributed by atoms with Gasteiger partial charge in [0.1, 0.15) is 6.33 Å². The van der Waals surface area contributed by atoms with Crippen LogP contribution in [0, 0.1) is 5.92 Å². The molecule has 0 radical (unpaired) electrons. The van der Waals surface area contributed by atoms with Crippen molar-refractivity contribution in [2.24, 2.45) is 5.92 Å². The minimum absolute atomic E-state index is 0.221. The van der Waals surface area contributed by atoms with Crippen LogP contribution in [0.15, 0.2) is 18.7 Å². The van der Waals surface area contributed by atoms with Crippen molar-refractivity contribution in [3.63, 3.8) is 0 Å². The first-order valence-corrected chi connectivity index (χ1v) is 6.96. The number of rotatable bonds is 8. The smallest absolute Gasteiger partial charge is 0.115 e. The molecule has 0 bridgehead atoms. The van der Waals surface area contributed by atoms with E-state index in [9.17, 15) is 0 Å². The van der Waals surface area contributed by atoms with Crippen LogP contribution >= 0.6 is 0 Å². The second kappa shape index (κ2) is 6.81. The number of hydrogen-bond donors (Lipinski definition) is 1. The molecular formula is C14H23N3O. The Morgan fingerprint density at radius 1 is 1.33 bits per heavy atom. The Balaban J connectivity index is 2.12. The summed E-state index contributed by atoms with van der Waals surface area (Å²) in [5.41, 5.74) is 1.14. The van der Waals surface area contributed by atoms with E-state index in [2.05, 4.69) is 29.1 Å². The molecule has 0 amide bonds. The van der Waals surface area contributed by atoms with Crippen molar-refractivity contribution in [3.8, 4) is 0 Å². The van der Waals surface area contributed by atoms with E-state index in [0.29, 0.717) is 5.92 Å². The lowest BCUT2D eigenvalue weighted by Crippen LogP contribution is -2.36. The molecule has 1 saturated carbocycles. The van der Waals surface area contributed by atoms with E-state index in [1.165, 1.54) is 12.8 Å². The van der Waals surface area contributed by atoms with Crippen molar-refractivity contribution in [2.45, 2.75) is 45.3 Å². The molecule has 1 aliphatic rings. The van der Waals surface area contributed by atoms with Crippen LogP contribution in [0.1, 0.15) is 44.7 Å². The molecule has 4 heteroatoms. The predicted molar refractivity (Wildman–Crippen MR) is 71.2 cm³/mol. The number of nitrogens with zero attached hydrogens (tertiary/aromatic N) is 2. The summed E-state index contributed by atoms with van der Waals surface area (Å²) in [4.78, 5) is 8.26. The highest BCUT2D eigenvalue weighted by atomic mass is 16.5. The van der Waals surface area contributed by atoms with Crippen LogP contribution in [0.2, 0.25) is 0 Å². The topological polar surface area (TPSA) is 47.0 Å². The minimum Gasteiger partial charge on any atom is -0.376 e. The summed E-state index contributed by atoms with van der Waals surface area (Å²) in [6.45, 7) is 6.00. The van der Waals surface area contributed by atoms with Crippen LogP contribution in [0.3, 0.4) is 0 Å². The van der Waals surface area contributed by atoms with Crippen LogP contribution in [0.4, 0.5) is 0 Å². The second-order valence-electron chi connectivity index (χ2n) is 4.86. The Kier molecular flexibility index (Phi) is 5.08. The highest BCUT2D eigenvalue weighted by molar-refractivity contribution is 5.13. The highest BCUT2D eigenvalue weighted by Gasteiger charge is 2.37. The Hall–Kier alpha value is -1.00. The Labute approximate surface area is 109 Å². The SMILES string of the molecule is CCCNC(c1cncnc1)C(OCC)C1CC1. The summed E-state index contributed by atoms with van der Waals surface area (Å²) in [5.74, 6) is 0.694. The maximum absolute atomic E-state index is 5.96. The van der Waals surface area contributed by atoms with E-state index < -0.39 is 0 Å². The maximum Gasteiger partial charge on any atom is 0.115 e. The van der Waals surface area contributed by atoms with Crippen LogP contribution < -0.4 is 5.32 Å². The summed E-state index contributed by atoms with van der Waals surface area (Å²) >= 11 is 0. The van der Waals surface area contributed by atoms with Crippen LogP contribution in [0.25, 0.3) is 0 Å². The summed E-state index contributed by atoms with van der Waals surface area (Å²) in [6.07, 6.45) is 9.31. The average Bonchev–Trinajstić information content (AvgIpc) is 3.23. The summed E-state index contributed by atoms with van der Waals surface area (Å²) < 4.78 is 5.96. The first kappa shape index (κ1) is 13.4. The highest BCUT2D eigenvalue weighted by Crippen LogP contribution is 2.39. The van der Waals surface area contributed by atoms with Crippen molar-refractivity contribution in [1.82, 2.24) is 15.3 Å². The third-order valence-corrected chi connectivity index (χ3v) is 3.33. The molecule has 1 fully saturated rings. The summed E-state index contributed by atoms with van der Waals surface area (Å²) in [5, 5.41) is 3.59. The maximum atomic E-state index is 5.96. The van der Waals surface area contributed by atoms with Gasteiger partial charge >= 0.3 is 0 Å². The van der Waals surface area contributed by atoms with Crippen molar-refractivity contribution in [2.75, 3.05) is 13.2 Å². The Morgan fingerprint density at radius 2 is 2.06 bits per heavy atom. The third kappa shape index (κ3) is 3.50. The summed E-state index contributed by atoms with van der Waals surface area (Å²) in [7, 11) is 0. The van der Waals surface area contributed by atoms with Crippen molar-refractivity contribution < 1.29 is 4.74 Å². The third-order valence-electron chi connectivity index (χ3n) is 3.33. The molecule has 2 rings (SSSR count). The molecular weight excluding hydrogens is 226 g/mol. The van der Waals surface area contributed by atoms with Crippen LogP contribution in [-0.4, -0.2) is 29.2 Å². The fourth-order valence-corrected chi connectivity index (χ4v) is 2.32.